The minimum absolute atomic E-state index is 0.145. The molecule has 3 aromatic carbocycles. The molecular formula is C30H36N2O3. The van der Waals surface area contributed by atoms with E-state index >= 15 is 0 Å². The zero-order valence-electron chi connectivity index (χ0n) is 20.8. The van der Waals surface area contributed by atoms with Gasteiger partial charge >= 0.3 is 5.97 Å². The molecule has 5 heteroatoms. The molecule has 0 saturated carbocycles. The second-order valence-electron chi connectivity index (χ2n) is 9.48. The van der Waals surface area contributed by atoms with Crippen LogP contribution in [-0.2, 0) is 17.6 Å². The van der Waals surface area contributed by atoms with Crippen LogP contribution in [0.1, 0.15) is 60.2 Å². The first kappa shape index (κ1) is 26.2. The third-order valence-electron chi connectivity index (χ3n) is 6.44. The summed E-state index contributed by atoms with van der Waals surface area (Å²) in [5, 5.41) is 12.0. The van der Waals surface area contributed by atoms with Crippen LogP contribution >= 0.6 is 0 Å². The third-order valence-corrected chi connectivity index (χ3v) is 6.44. The maximum atomic E-state index is 12.7. The fourth-order valence-electron chi connectivity index (χ4n) is 4.25. The van der Waals surface area contributed by atoms with Gasteiger partial charge in [-0.05, 0) is 58.7 Å². The number of aliphatic carboxylic acids is 1. The van der Waals surface area contributed by atoms with Crippen molar-refractivity contribution in [2.24, 2.45) is 11.7 Å². The molecule has 0 unspecified atom stereocenters. The molecule has 0 fully saturated rings. The van der Waals surface area contributed by atoms with E-state index < -0.39 is 12.0 Å². The van der Waals surface area contributed by atoms with E-state index in [0.29, 0.717) is 18.0 Å². The van der Waals surface area contributed by atoms with Crippen LogP contribution in [0, 0.1) is 5.92 Å². The quantitative estimate of drug-likeness (QED) is 0.347. The number of carbonyl (C=O) groups excluding carboxylic acids is 1. The molecular weight excluding hydrogens is 436 g/mol. The van der Waals surface area contributed by atoms with Crippen LogP contribution in [-0.4, -0.2) is 29.6 Å². The van der Waals surface area contributed by atoms with Gasteiger partial charge in [-0.3, -0.25) is 9.59 Å². The molecule has 3 aromatic rings. The SMILES string of the molecule is CCCc1ccc(-c2ccc([C@H](CNC(=O)c3ccc(C[C@H](N)C(=O)O)cc3)C(C)C)cc2)cc1. The monoisotopic (exact) mass is 472 g/mol. The van der Waals surface area contributed by atoms with Gasteiger partial charge in [0.05, 0.1) is 0 Å². The van der Waals surface area contributed by atoms with Crippen LogP contribution < -0.4 is 11.1 Å². The minimum Gasteiger partial charge on any atom is -0.480 e. The number of nitrogens with one attached hydrogen (secondary N) is 1. The lowest BCUT2D eigenvalue weighted by atomic mass is 9.87. The molecule has 0 saturated heterocycles. The van der Waals surface area contributed by atoms with E-state index in [0.717, 1.165) is 18.4 Å². The average molecular weight is 473 g/mol. The summed E-state index contributed by atoms with van der Waals surface area (Å²) < 4.78 is 0. The molecule has 0 bridgehead atoms. The molecule has 0 aliphatic heterocycles. The number of benzene rings is 3. The lowest BCUT2D eigenvalue weighted by Crippen LogP contribution is -2.32. The zero-order valence-corrected chi connectivity index (χ0v) is 20.8. The van der Waals surface area contributed by atoms with Gasteiger partial charge in [-0.25, -0.2) is 0 Å². The van der Waals surface area contributed by atoms with Gasteiger partial charge in [0.2, 0.25) is 0 Å². The number of amides is 1. The van der Waals surface area contributed by atoms with Crippen molar-refractivity contribution >= 4 is 11.9 Å². The van der Waals surface area contributed by atoms with Gasteiger partial charge in [0, 0.05) is 18.0 Å². The largest absolute Gasteiger partial charge is 0.480 e. The van der Waals surface area contributed by atoms with Crippen molar-refractivity contribution < 1.29 is 14.7 Å². The molecule has 0 heterocycles. The fourth-order valence-corrected chi connectivity index (χ4v) is 4.25. The topological polar surface area (TPSA) is 92.4 Å². The van der Waals surface area contributed by atoms with E-state index in [-0.39, 0.29) is 18.2 Å². The van der Waals surface area contributed by atoms with Crippen LogP contribution in [0.2, 0.25) is 0 Å². The third kappa shape index (κ3) is 7.27. The van der Waals surface area contributed by atoms with Crippen LogP contribution in [0.3, 0.4) is 0 Å². The summed E-state index contributed by atoms with van der Waals surface area (Å²) in [6, 6.07) is 23.4. The molecule has 184 valence electrons. The highest BCUT2D eigenvalue weighted by Crippen LogP contribution is 2.27. The van der Waals surface area contributed by atoms with Crippen molar-refractivity contribution in [1.29, 1.82) is 0 Å². The van der Waals surface area contributed by atoms with Gasteiger partial charge < -0.3 is 16.2 Å². The summed E-state index contributed by atoms with van der Waals surface area (Å²) in [5.41, 5.74) is 11.9. The summed E-state index contributed by atoms with van der Waals surface area (Å²) in [6.07, 6.45) is 2.48. The predicted octanol–water partition coefficient (Wildman–Crippen LogP) is 5.43. The Hall–Kier alpha value is -3.44. The second kappa shape index (κ2) is 12.3. The summed E-state index contributed by atoms with van der Waals surface area (Å²) >= 11 is 0. The maximum Gasteiger partial charge on any atom is 0.320 e. The van der Waals surface area contributed by atoms with Crippen LogP contribution in [0.4, 0.5) is 0 Å². The molecule has 0 radical (unpaired) electrons. The van der Waals surface area contributed by atoms with Gasteiger partial charge in [0.1, 0.15) is 6.04 Å². The predicted molar refractivity (Wildman–Crippen MR) is 142 cm³/mol. The Bertz CT molecular complexity index is 1100. The Morgan fingerprint density at radius 1 is 0.857 bits per heavy atom. The number of nitrogens with two attached hydrogens (primary N) is 1. The molecule has 2 atom stereocenters. The number of carboxylic acid groups (broad SMARTS) is 1. The first-order valence-electron chi connectivity index (χ1n) is 12.3. The van der Waals surface area contributed by atoms with Crippen LogP contribution in [0.5, 0.6) is 0 Å². The summed E-state index contributed by atoms with van der Waals surface area (Å²) in [4.78, 5) is 23.7. The Morgan fingerprint density at radius 3 is 1.91 bits per heavy atom. The van der Waals surface area contributed by atoms with Gasteiger partial charge in [0.25, 0.3) is 5.91 Å². The molecule has 3 rings (SSSR count). The molecule has 0 aliphatic rings. The molecule has 0 spiro atoms. The van der Waals surface area contributed by atoms with Crippen molar-refractivity contribution in [2.45, 2.75) is 52.0 Å². The average Bonchev–Trinajstić information content (AvgIpc) is 2.85. The number of carbonyl (C=O) groups is 2. The van der Waals surface area contributed by atoms with Gasteiger partial charge in [-0.2, -0.15) is 0 Å². The zero-order chi connectivity index (χ0) is 25.4. The number of hydrogen-bond donors (Lipinski definition) is 3. The van der Waals surface area contributed by atoms with E-state index in [9.17, 15) is 9.59 Å². The number of rotatable bonds is 11. The second-order valence-corrected chi connectivity index (χ2v) is 9.48. The smallest absolute Gasteiger partial charge is 0.320 e. The van der Waals surface area contributed by atoms with Crippen molar-refractivity contribution in [3.05, 3.63) is 95.1 Å². The minimum atomic E-state index is -1.04. The Balaban J connectivity index is 1.62. The van der Waals surface area contributed by atoms with Crippen LogP contribution in [0.15, 0.2) is 72.8 Å². The summed E-state index contributed by atoms with van der Waals surface area (Å²) in [5.74, 6) is -0.639. The first-order chi connectivity index (χ1) is 16.8. The van der Waals surface area contributed by atoms with E-state index in [2.05, 4.69) is 74.6 Å². The normalized spacial score (nSPS) is 12.8. The Labute approximate surface area is 208 Å². The Morgan fingerprint density at radius 2 is 1.40 bits per heavy atom. The molecule has 1 amide bonds. The van der Waals surface area contributed by atoms with Gasteiger partial charge in [0.15, 0.2) is 0 Å². The number of hydrogen-bond acceptors (Lipinski definition) is 3. The van der Waals surface area contributed by atoms with Crippen molar-refractivity contribution in [2.75, 3.05) is 6.54 Å². The molecule has 35 heavy (non-hydrogen) atoms. The Kier molecular flexibility index (Phi) is 9.21. The fraction of sp³-hybridized carbons (Fsp3) is 0.333. The van der Waals surface area contributed by atoms with E-state index in [1.807, 2.05) is 0 Å². The van der Waals surface area contributed by atoms with Gasteiger partial charge in [-0.1, -0.05) is 87.9 Å². The number of aryl methyl sites for hydroxylation is 1. The molecule has 4 N–H and O–H groups in total. The van der Waals surface area contributed by atoms with Crippen LogP contribution in [0.25, 0.3) is 11.1 Å². The lowest BCUT2D eigenvalue weighted by Gasteiger charge is -2.22. The number of carboxylic acids is 1. The molecule has 5 nitrogen and oxygen atoms in total. The first-order valence-corrected chi connectivity index (χ1v) is 12.3. The summed E-state index contributed by atoms with van der Waals surface area (Å²) in [7, 11) is 0. The van der Waals surface area contributed by atoms with Crippen molar-refractivity contribution in [3.8, 4) is 11.1 Å². The highest BCUT2D eigenvalue weighted by atomic mass is 16.4. The highest BCUT2D eigenvalue weighted by molar-refractivity contribution is 5.94. The summed E-state index contributed by atoms with van der Waals surface area (Å²) in [6.45, 7) is 7.06. The van der Waals surface area contributed by atoms with Crippen molar-refractivity contribution in [3.63, 3.8) is 0 Å². The van der Waals surface area contributed by atoms with E-state index in [1.165, 1.54) is 22.3 Å². The lowest BCUT2D eigenvalue weighted by molar-refractivity contribution is -0.138. The van der Waals surface area contributed by atoms with Gasteiger partial charge in [-0.15, -0.1) is 0 Å². The highest BCUT2D eigenvalue weighted by Gasteiger charge is 2.18. The van der Waals surface area contributed by atoms with Crippen molar-refractivity contribution in [1.82, 2.24) is 5.32 Å². The van der Waals surface area contributed by atoms with E-state index in [1.54, 1.807) is 24.3 Å². The molecule has 0 aromatic heterocycles. The van der Waals surface area contributed by atoms with E-state index in [4.69, 9.17) is 10.8 Å². The maximum absolute atomic E-state index is 12.7. The molecule has 0 aliphatic carbocycles. The standard InChI is InChI=1S/C30H36N2O3/c1-4-5-21-6-10-23(11-7-21)24-14-16-25(17-15-24)27(20(2)3)19-32-29(33)26-12-8-22(9-13-26)18-28(31)30(34)35/h6-17,20,27-28H,4-5,18-19,31H2,1-3H3,(H,32,33)(H,34,35)/t27-,28+/m1/s1.